The lowest BCUT2D eigenvalue weighted by Crippen LogP contribution is -2.20. The number of benzene rings is 2. The molecule has 2 aromatic carbocycles. The van der Waals surface area contributed by atoms with E-state index in [2.05, 4.69) is 4.98 Å². The number of thioether (sulfide) groups is 1. The second kappa shape index (κ2) is 7.91. The van der Waals surface area contributed by atoms with Crippen LogP contribution in [0.25, 0.3) is 11.0 Å². The summed E-state index contributed by atoms with van der Waals surface area (Å²) in [5.74, 6) is 0.0913. The zero-order chi connectivity index (χ0) is 21.4. The van der Waals surface area contributed by atoms with Crippen LogP contribution in [0.1, 0.15) is 27.0 Å². The van der Waals surface area contributed by atoms with Crippen LogP contribution in [0.15, 0.2) is 64.7 Å². The predicted molar refractivity (Wildman–Crippen MR) is 117 cm³/mol. The number of carbonyl (C=O) groups excluding carboxylic acids is 1. The number of nitrogens with zero attached hydrogens (tertiary/aromatic N) is 3. The first kappa shape index (κ1) is 20.1. The van der Waals surface area contributed by atoms with Crippen molar-refractivity contribution in [3.63, 3.8) is 0 Å². The number of hydrogen-bond donors (Lipinski definition) is 0. The fourth-order valence-corrected chi connectivity index (χ4v) is 4.30. The Bertz CT molecular complexity index is 1310. The topological polar surface area (TPSA) is 56.9 Å². The Labute approximate surface area is 177 Å². The van der Waals surface area contributed by atoms with Crippen LogP contribution in [-0.2, 0) is 19.8 Å². The molecule has 152 valence electrons. The minimum Gasteiger partial charge on any atom is -0.335 e. The summed E-state index contributed by atoms with van der Waals surface area (Å²) in [6.07, 6.45) is 1.91. The molecule has 0 aliphatic carbocycles. The van der Waals surface area contributed by atoms with Gasteiger partial charge in [0.05, 0.1) is 5.39 Å². The van der Waals surface area contributed by atoms with Crippen molar-refractivity contribution >= 4 is 28.6 Å². The van der Waals surface area contributed by atoms with Crippen LogP contribution in [0.4, 0.5) is 4.39 Å². The maximum absolute atomic E-state index is 13.1. The molecule has 2 heterocycles. The van der Waals surface area contributed by atoms with Gasteiger partial charge in [-0.2, -0.15) is 0 Å². The molecule has 0 spiro atoms. The minimum absolute atomic E-state index is 0.0548. The van der Waals surface area contributed by atoms with E-state index in [1.807, 2.05) is 36.9 Å². The second-order valence-electron chi connectivity index (χ2n) is 7.20. The number of fused-ring (bicyclic) bond motifs is 1. The first-order valence-electron chi connectivity index (χ1n) is 9.40. The van der Waals surface area contributed by atoms with Gasteiger partial charge in [0.2, 0.25) is 0 Å². The molecule has 0 N–H and O–H groups in total. The van der Waals surface area contributed by atoms with Crippen molar-refractivity contribution in [1.82, 2.24) is 14.1 Å². The summed E-state index contributed by atoms with van der Waals surface area (Å²) < 4.78 is 16.5. The summed E-state index contributed by atoms with van der Waals surface area (Å²) in [4.78, 5) is 29.9. The molecule has 0 radical (unpaired) electrons. The number of carbonyl (C=O) groups is 1. The van der Waals surface area contributed by atoms with Gasteiger partial charge in [-0.15, -0.1) is 0 Å². The number of rotatable bonds is 5. The van der Waals surface area contributed by atoms with Crippen molar-refractivity contribution in [1.29, 1.82) is 0 Å². The summed E-state index contributed by atoms with van der Waals surface area (Å²) >= 11 is 1.47. The Kier molecular flexibility index (Phi) is 5.30. The second-order valence-corrected chi connectivity index (χ2v) is 8.14. The molecule has 0 aliphatic rings. The number of hydrogen-bond acceptors (Lipinski definition) is 4. The van der Waals surface area contributed by atoms with Crippen molar-refractivity contribution in [2.75, 3.05) is 0 Å². The van der Waals surface area contributed by atoms with E-state index >= 15 is 0 Å². The molecule has 0 amide bonds. The third-order valence-electron chi connectivity index (χ3n) is 5.04. The van der Waals surface area contributed by atoms with Crippen molar-refractivity contribution in [2.45, 2.75) is 17.8 Å². The molecule has 0 unspecified atom stereocenters. The third-order valence-corrected chi connectivity index (χ3v) is 6.14. The Balaban J connectivity index is 1.53. The van der Waals surface area contributed by atoms with Crippen molar-refractivity contribution in [3.05, 3.63) is 93.2 Å². The molecule has 2 aromatic heterocycles. The average molecular weight is 421 g/mol. The van der Waals surface area contributed by atoms with Crippen LogP contribution >= 0.6 is 11.8 Å². The van der Waals surface area contributed by atoms with E-state index in [1.54, 1.807) is 23.7 Å². The number of aryl methyl sites for hydroxylation is 2. The van der Waals surface area contributed by atoms with Crippen LogP contribution < -0.4 is 5.56 Å². The summed E-state index contributed by atoms with van der Waals surface area (Å²) in [6.45, 7) is 1.91. The normalized spacial score (nSPS) is 11.2. The van der Waals surface area contributed by atoms with Crippen molar-refractivity contribution in [2.24, 2.45) is 14.1 Å². The van der Waals surface area contributed by atoms with Gasteiger partial charge in [-0.25, -0.2) is 9.37 Å². The van der Waals surface area contributed by atoms with Crippen LogP contribution in [-0.4, -0.2) is 19.9 Å². The lowest BCUT2D eigenvalue weighted by molar-refractivity contribution is 0.103. The van der Waals surface area contributed by atoms with Crippen molar-refractivity contribution < 1.29 is 9.18 Å². The van der Waals surface area contributed by atoms with Gasteiger partial charge in [-0.05, 0) is 42.3 Å². The molecule has 4 aromatic rings. The maximum atomic E-state index is 13.1. The van der Waals surface area contributed by atoms with Crippen LogP contribution in [0.3, 0.4) is 0 Å². The highest BCUT2D eigenvalue weighted by molar-refractivity contribution is 7.98. The lowest BCUT2D eigenvalue weighted by atomic mass is 10.0. The van der Waals surface area contributed by atoms with Crippen LogP contribution in [0.2, 0.25) is 0 Å². The Morgan fingerprint density at radius 3 is 2.27 bits per heavy atom. The van der Waals surface area contributed by atoms with Crippen molar-refractivity contribution in [3.8, 4) is 0 Å². The summed E-state index contributed by atoms with van der Waals surface area (Å²) in [5.41, 5.74) is 3.54. The molecule has 0 atom stereocenters. The Morgan fingerprint density at radius 2 is 1.63 bits per heavy atom. The number of aromatic nitrogens is 3. The molecule has 7 heteroatoms. The quantitative estimate of drug-likeness (QED) is 0.275. The van der Waals surface area contributed by atoms with E-state index < -0.39 is 0 Å². The molecule has 0 saturated carbocycles. The highest BCUT2D eigenvalue weighted by Crippen LogP contribution is 2.23. The molecule has 4 rings (SSSR count). The number of halogens is 1. The van der Waals surface area contributed by atoms with Gasteiger partial charge in [-0.3, -0.25) is 14.2 Å². The van der Waals surface area contributed by atoms with E-state index in [1.165, 1.54) is 36.0 Å². The molecule has 30 heavy (non-hydrogen) atoms. The van der Waals surface area contributed by atoms with E-state index in [9.17, 15) is 14.0 Å². The monoisotopic (exact) mass is 421 g/mol. The average Bonchev–Trinajstić information content (AvgIpc) is 3.03. The van der Waals surface area contributed by atoms with Gasteiger partial charge in [0.15, 0.2) is 10.9 Å². The van der Waals surface area contributed by atoms with Gasteiger partial charge >= 0.3 is 0 Å². The molecular formula is C23H20FN3O2S. The molecule has 5 nitrogen and oxygen atoms in total. The lowest BCUT2D eigenvalue weighted by Gasteiger charge is -2.09. The fraction of sp³-hybridized carbons (Fsp3) is 0.174. The summed E-state index contributed by atoms with van der Waals surface area (Å²) in [5, 5.41) is 1.29. The third kappa shape index (κ3) is 3.68. The highest BCUT2D eigenvalue weighted by Gasteiger charge is 2.14. The van der Waals surface area contributed by atoms with E-state index in [0.717, 1.165) is 11.1 Å². The molecular weight excluding hydrogens is 401 g/mol. The van der Waals surface area contributed by atoms with E-state index in [-0.39, 0.29) is 17.2 Å². The van der Waals surface area contributed by atoms with E-state index in [4.69, 9.17) is 0 Å². The zero-order valence-electron chi connectivity index (χ0n) is 16.8. The van der Waals surface area contributed by atoms with Gasteiger partial charge in [-0.1, -0.05) is 36.0 Å². The Morgan fingerprint density at radius 1 is 1.03 bits per heavy atom. The number of ketones is 1. The Hall–Kier alpha value is -3.19. The minimum atomic E-state index is -0.370. The SMILES string of the molecule is Cc1cn(C)c2nc(SCc3ccc(C(=O)c4ccc(F)cc4)cc3)n(C)c(=O)c12. The highest BCUT2D eigenvalue weighted by atomic mass is 32.2. The standard InChI is InChI=1S/C23H20FN3O2S/c1-14-12-26(2)21-19(14)22(29)27(3)23(25-21)30-13-15-4-6-16(7-5-15)20(28)17-8-10-18(24)11-9-17/h4-12H,13H2,1-3H3. The van der Waals surface area contributed by atoms with Gasteiger partial charge in [0.1, 0.15) is 11.5 Å². The fourth-order valence-electron chi connectivity index (χ4n) is 3.39. The zero-order valence-corrected chi connectivity index (χ0v) is 17.7. The molecule has 0 bridgehead atoms. The first-order valence-corrected chi connectivity index (χ1v) is 10.4. The van der Waals surface area contributed by atoms with Gasteiger partial charge in [0, 0.05) is 37.2 Å². The van der Waals surface area contributed by atoms with Crippen LogP contribution in [0.5, 0.6) is 0 Å². The predicted octanol–water partition coefficient (Wildman–Crippen LogP) is 4.24. The largest absolute Gasteiger partial charge is 0.335 e. The maximum Gasteiger partial charge on any atom is 0.263 e. The molecule has 0 fully saturated rings. The van der Waals surface area contributed by atoms with E-state index in [0.29, 0.717) is 33.1 Å². The summed E-state index contributed by atoms with van der Waals surface area (Å²) in [6, 6.07) is 12.8. The van der Waals surface area contributed by atoms with Gasteiger partial charge in [0.25, 0.3) is 5.56 Å². The molecule has 0 aliphatic heterocycles. The summed E-state index contributed by atoms with van der Waals surface area (Å²) in [7, 11) is 3.61. The first-order chi connectivity index (χ1) is 14.3. The molecule has 0 saturated heterocycles. The van der Waals surface area contributed by atoms with Gasteiger partial charge < -0.3 is 4.57 Å². The smallest absolute Gasteiger partial charge is 0.263 e. The van der Waals surface area contributed by atoms with Crippen LogP contribution in [0, 0.1) is 12.7 Å².